The highest BCUT2D eigenvalue weighted by molar-refractivity contribution is 8.14. The van der Waals surface area contributed by atoms with Crippen LogP contribution in [0.3, 0.4) is 0 Å². The Balaban J connectivity index is 1.98. The van der Waals surface area contributed by atoms with E-state index in [4.69, 9.17) is 11.6 Å². The molecular weight excluding hydrogens is 250 g/mol. The van der Waals surface area contributed by atoms with Crippen molar-refractivity contribution in [3.63, 3.8) is 0 Å². The molecule has 0 amide bonds. The summed E-state index contributed by atoms with van der Waals surface area (Å²) in [5.41, 5.74) is 0. The third kappa shape index (κ3) is 2.93. The van der Waals surface area contributed by atoms with Crippen molar-refractivity contribution in [2.24, 2.45) is 4.99 Å². The molecule has 1 aromatic heterocycles. The van der Waals surface area contributed by atoms with E-state index in [-0.39, 0.29) is 10.5 Å². The Bertz CT molecular complexity index is 425. The highest BCUT2D eigenvalue weighted by Gasteiger charge is 2.16. The lowest BCUT2D eigenvalue weighted by molar-refractivity contribution is 0.109. The third-order valence-corrected chi connectivity index (χ3v) is 4.21. The van der Waals surface area contributed by atoms with Gasteiger partial charge in [-0.05, 0) is 24.6 Å². The van der Waals surface area contributed by atoms with Gasteiger partial charge < -0.3 is 0 Å². The minimum atomic E-state index is 0.0170. The summed E-state index contributed by atoms with van der Waals surface area (Å²) >= 11 is 8.32. The lowest BCUT2D eigenvalue weighted by Crippen LogP contribution is -2.05. The number of aliphatic imine (C=N–C) groups is 1. The molecule has 0 radical (unpaired) electrons. The maximum Gasteiger partial charge on any atom is 0.231 e. The van der Waals surface area contributed by atoms with E-state index in [2.05, 4.69) is 4.99 Å². The van der Waals surface area contributed by atoms with Crippen LogP contribution in [-0.2, 0) is 0 Å². The number of nitrogens with zero attached hydrogens (tertiary/aromatic N) is 1. The fraction of sp³-hybridized carbons (Fsp3) is 0.200. The van der Waals surface area contributed by atoms with Crippen molar-refractivity contribution < 1.29 is 4.79 Å². The maximum absolute atomic E-state index is 11.7. The van der Waals surface area contributed by atoms with Gasteiger partial charge in [0.2, 0.25) is 5.12 Å². The van der Waals surface area contributed by atoms with Gasteiger partial charge in [0.1, 0.15) is 5.37 Å². The van der Waals surface area contributed by atoms with Crippen LogP contribution in [0.4, 0.5) is 0 Å². The van der Waals surface area contributed by atoms with E-state index in [9.17, 15) is 4.79 Å². The van der Waals surface area contributed by atoms with Crippen LogP contribution in [0.15, 0.2) is 29.3 Å². The molecule has 78 valence electrons. The molecule has 1 unspecified atom stereocenters. The molecule has 2 heterocycles. The first kappa shape index (κ1) is 10.9. The molecule has 2 rings (SSSR count). The second-order valence-electron chi connectivity index (χ2n) is 2.93. The summed E-state index contributed by atoms with van der Waals surface area (Å²) in [5.74, 6) is 0. The molecule has 0 aromatic carbocycles. The summed E-state index contributed by atoms with van der Waals surface area (Å²) in [6.07, 6.45) is 6.45. The molecule has 0 spiro atoms. The van der Waals surface area contributed by atoms with Gasteiger partial charge in [-0.15, -0.1) is 11.3 Å². The monoisotopic (exact) mass is 257 g/mol. The molecule has 0 fully saturated rings. The van der Waals surface area contributed by atoms with E-state index >= 15 is 0 Å². The molecule has 0 N–H and O–H groups in total. The average molecular weight is 258 g/mol. The molecular formula is C10H8ClNOS2. The van der Waals surface area contributed by atoms with E-state index < -0.39 is 0 Å². The van der Waals surface area contributed by atoms with Crippen molar-refractivity contribution in [1.82, 2.24) is 0 Å². The number of halogens is 1. The Morgan fingerprint density at radius 2 is 2.47 bits per heavy atom. The summed E-state index contributed by atoms with van der Waals surface area (Å²) in [6, 6.07) is 3.49. The number of thioether (sulfide) groups is 1. The van der Waals surface area contributed by atoms with Crippen molar-refractivity contribution in [3.05, 3.63) is 33.5 Å². The highest BCUT2D eigenvalue weighted by atomic mass is 35.5. The number of thiophene rings is 1. The first-order valence-corrected chi connectivity index (χ1v) is 6.48. The summed E-state index contributed by atoms with van der Waals surface area (Å²) in [7, 11) is 0. The van der Waals surface area contributed by atoms with Crippen LogP contribution in [0, 0.1) is 0 Å². The van der Waals surface area contributed by atoms with Crippen LogP contribution >= 0.6 is 34.7 Å². The van der Waals surface area contributed by atoms with Crippen LogP contribution in [0.1, 0.15) is 16.1 Å². The number of hydrogen-bond acceptors (Lipinski definition) is 4. The minimum Gasteiger partial charge on any atom is -0.281 e. The third-order valence-electron chi connectivity index (χ3n) is 1.83. The van der Waals surface area contributed by atoms with Crippen molar-refractivity contribution in [2.75, 3.05) is 0 Å². The number of carbonyl (C=O) groups is 1. The molecule has 15 heavy (non-hydrogen) atoms. The molecule has 1 aliphatic rings. The van der Waals surface area contributed by atoms with Gasteiger partial charge in [0.25, 0.3) is 0 Å². The molecule has 1 atom stereocenters. The maximum atomic E-state index is 11.7. The Hall–Kier alpha value is -0.580. The number of allylic oxidation sites excluding steroid dienone is 1. The summed E-state index contributed by atoms with van der Waals surface area (Å²) < 4.78 is 0.644. The van der Waals surface area contributed by atoms with E-state index in [1.165, 1.54) is 23.1 Å². The zero-order valence-electron chi connectivity index (χ0n) is 7.72. The largest absolute Gasteiger partial charge is 0.281 e. The second kappa shape index (κ2) is 4.96. The Labute approximate surface area is 101 Å². The van der Waals surface area contributed by atoms with Gasteiger partial charge in [-0.3, -0.25) is 9.79 Å². The topological polar surface area (TPSA) is 29.4 Å². The lowest BCUT2D eigenvalue weighted by atomic mass is 10.3. The lowest BCUT2D eigenvalue weighted by Gasteiger charge is -2.09. The molecule has 2 nitrogen and oxygen atoms in total. The molecule has 1 aliphatic heterocycles. The first-order chi connectivity index (χ1) is 7.25. The summed E-state index contributed by atoms with van der Waals surface area (Å²) in [5, 5.41) is 0.0627. The van der Waals surface area contributed by atoms with Crippen molar-refractivity contribution in [1.29, 1.82) is 0 Å². The number of rotatable bonds is 2. The predicted molar refractivity (Wildman–Crippen MR) is 67.3 cm³/mol. The quantitative estimate of drug-likeness (QED) is 0.810. The standard InChI is InChI=1S/C10H8ClNOS2/c11-8-5-4-7(14-8)10(13)15-9-3-1-2-6-12-9/h1-2,4-6,9H,3H2. The average Bonchev–Trinajstić information content (AvgIpc) is 2.66. The predicted octanol–water partition coefficient (Wildman–Crippen LogP) is 3.63. The number of hydrogen-bond donors (Lipinski definition) is 0. The Morgan fingerprint density at radius 1 is 1.60 bits per heavy atom. The molecule has 0 bridgehead atoms. The molecule has 0 aliphatic carbocycles. The van der Waals surface area contributed by atoms with Crippen molar-refractivity contribution in [3.8, 4) is 0 Å². The van der Waals surface area contributed by atoms with Gasteiger partial charge in [0.15, 0.2) is 0 Å². The fourth-order valence-electron chi connectivity index (χ4n) is 1.15. The van der Waals surface area contributed by atoms with Crippen LogP contribution < -0.4 is 0 Å². The van der Waals surface area contributed by atoms with Gasteiger partial charge in [-0.2, -0.15) is 0 Å². The molecule has 0 saturated carbocycles. The van der Waals surface area contributed by atoms with E-state index in [1.54, 1.807) is 18.3 Å². The van der Waals surface area contributed by atoms with Crippen molar-refractivity contribution >= 4 is 46.0 Å². The number of carbonyl (C=O) groups excluding carboxylic acids is 1. The van der Waals surface area contributed by atoms with Crippen LogP contribution in [0.2, 0.25) is 4.34 Å². The minimum absolute atomic E-state index is 0.0170. The van der Waals surface area contributed by atoms with Crippen LogP contribution in [-0.4, -0.2) is 16.7 Å². The van der Waals surface area contributed by atoms with Gasteiger partial charge in [-0.1, -0.05) is 29.4 Å². The zero-order chi connectivity index (χ0) is 10.7. The fourth-order valence-corrected chi connectivity index (χ4v) is 3.06. The van der Waals surface area contributed by atoms with E-state index in [0.29, 0.717) is 9.21 Å². The zero-order valence-corrected chi connectivity index (χ0v) is 10.1. The van der Waals surface area contributed by atoms with Crippen molar-refractivity contribution in [2.45, 2.75) is 11.8 Å². The summed E-state index contributed by atoms with van der Waals surface area (Å²) in [6.45, 7) is 0. The summed E-state index contributed by atoms with van der Waals surface area (Å²) in [4.78, 5) is 16.6. The van der Waals surface area contributed by atoms with Gasteiger partial charge in [0.05, 0.1) is 9.21 Å². The first-order valence-electron chi connectivity index (χ1n) is 4.40. The van der Waals surface area contributed by atoms with Crippen LogP contribution in [0.25, 0.3) is 0 Å². The highest BCUT2D eigenvalue weighted by Crippen LogP contribution is 2.28. The van der Waals surface area contributed by atoms with Gasteiger partial charge >= 0.3 is 0 Å². The molecule has 5 heteroatoms. The normalized spacial score (nSPS) is 19.4. The Kier molecular flexibility index (Phi) is 3.61. The Morgan fingerprint density at radius 3 is 3.07 bits per heavy atom. The number of dihydropyridines is 1. The second-order valence-corrected chi connectivity index (χ2v) is 5.79. The molecule has 0 saturated heterocycles. The van der Waals surface area contributed by atoms with Gasteiger partial charge in [-0.25, -0.2) is 0 Å². The van der Waals surface area contributed by atoms with Gasteiger partial charge in [0, 0.05) is 6.21 Å². The van der Waals surface area contributed by atoms with E-state index in [0.717, 1.165) is 6.42 Å². The van der Waals surface area contributed by atoms with Crippen LogP contribution in [0.5, 0.6) is 0 Å². The van der Waals surface area contributed by atoms with E-state index in [1.807, 2.05) is 12.2 Å². The SMILES string of the molecule is O=C(SC1CC=CC=N1)c1ccc(Cl)s1. The smallest absolute Gasteiger partial charge is 0.231 e. The molecule has 1 aromatic rings.